The van der Waals surface area contributed by atoms with Crippen molar-refractivity contribution in [1.29, 1.82) is 0 Å². The Hall–Kier alpha value is -2.50. The van der Waals surface area contributed by atoms with Gasteiger partial charge in [0.25, 0.3) is 0 Å². The zero-order valence-corrected chi connectivity index (χ0v) is 12.8. The molecule has 1 aliphatic heterocycles. The van der Waals surface area contributed by atoms with Crippen molar-refractivity contribution in [3.8, 4) is 11.5 Å². The Morgan fingerprint density at radius 2 is 2.00 bits per heavy atom. The van der Waals surface area contributed by atoms with Crippen LogP contribution in [0.3, 0.4) is 0 Å². The van der Waals surface area contributed by atoms with Gasteiger partial charge in [0.2, 0.25) is 5.79 Å². The number of esters is 2. The fourth-order valence-electron chi connectivity index (χ4n) is 1.83. The van der Waals surface area contributed by atoms with Crippen LogP contribution < -0.4 is 9.47 Å². The molecule has 0 N–H and O–H groups in total. The first kappa shape index (κ1) is 15.9. The number of carbonyl (C=O) groups is 2. The van der Waals surface area contributed by atoms with Gasteiger partial charge < -0.3 is 18.9 Å². The maximum absolute atomic E-state index is 11.8. The van der Waals surface area contributed by atoms with Crippen molar-refractivity contribution in [3.63, 3.8) is 0 Å². The molecular weight excluding hydrogens is 288 g/mol. The Kier molecular flexibility index (Phi) is 4.40. The minimum atomic E-state index is -1.01. The summed E-state index contributed by atoms with van der Waals surface area (Å²) in [4.78, 5) is 23.0. The van der Waals surface area contributed by atoms with E-state index >= 15 is 0 Å². The molecule has 0 amide bonds. The molecule has 0 atom stereocenters. The molecule has 0 saturated heterocycles. The van der Waals surface area contributed by atoms with Crippen LogP contribution in [-0.4, -0.2) is 30.9 Å². The smallest absolute Gasteiger partial charge is 0.345 e. The first-order chi connectivity index (χ1) is 10.3. The summed E-state index contributed by atoms with van der Waals surface area (Å²) in [5.74, 6) is -0.997. The van der Waals surface area contributed by atoms with Crippen molar-refractivity contribution in [2.24, 2.45) is 0 Å². The van der Waals surface area contributed by atoms with Gasteiger partial charge in [0.1, 0.15) is 30.3 Å². The van der Waals surface area contributed by atoms with E-state index in [1.54, 1.807) is 39.0 Å². The SMILES string of the molecule is C=C(C)C(=O)OCCOc1ccc2c(c1)OC(C)(C)OC2=O. The number of ether oxygens (including phenoxy) is 4. The van der Waals surface area contributed by atoms with Crippen LogP contribution in [0.2, 0.25) is 0 Å². The molecule has 118 valence electrons. The van der Waals surface area contributed by atoms with Crippen LogP contribution in [0.25, 0.3) is 0 Å². The normalized spacial score (nSPS) is 15.1. The highest BCUT2D eigenvalue weighted by Gasteiger charge is 2.33. The fraction of sp³-hybridized carbons (Fsp3) is 0.375. The summed E-state index contributed by atoms with van der Waals surface area (Å²) >= 11 is 0. The zero-order chi connectivity index (χ0) is 16.3. The average molecular weight is 306 g/mol. The van der Waals surface area contributed by atoms with Crippen molar-refractivity contribution in [2.75, 3.05) is 13.2 Å². The van der Waals surface area contributed by atoms with Crippen LogP contribution in [0.15, 0.2) is 30.4 Å². The van der Waals surface area contributed by atoms with Gasteiger partial charge in [-0.15, -0.1) is 0 Å². The maximum Gasteiger partial charge on any atom is 0.345 e. The number of benzene rings is 1. The molecule has 0 unspecified atom stereocenters. The van der Waals surface area contributed by atoms with Gasteiger partial charge >= 0.3 is 11.9 Å². The lowest BCUT2D eigenvalue weighted by Crippen LogP contribution is -2.38. The predicted molar refractivity (Wildman–Crippen MR) is 77.8 cm³/mol. The van der Waals surface area contributed by atoms with Crippen LogP contribution in [0.1, 0.15) is 31.1 Å². The zero-order valence-electron chi connectivity index (χ0n) is 12.8. The first-order valence-corrected chi connectivity index (χ1v) is 6.80. The minimum absolute atomic E-state index is 0.108. The van der Waals surface area contributed by atoms with Crippen LogP contribution in [0.4, 0.5) is 0 Å². The molecule has 2 rings (SSSR count). The summed E-state index contributed by atoms with van der Waals surface area (Å²) in [6.07, 6.45) is 0. The third-order valence-corrected chi connectivity index (χ3v) is 2.80. The number of carbonyl (C=O) groups excluding carboxylic acids is 2. The third kappa shape index (κ3) is 3.78. The molecule has 1 heterocycles. The van der Waals surface area contributed by atoms with E-state index in [-0.39, 0.29) is 13.2 Å². The predicted octanol–water partition coefficient (Wildman–Crippen LogP) is 2.47. The maximum atomic E-state index is 11.8. The summed E-state index contributed by atoms with van der Waals surface area (Å²) < 4.78 is 21.1. The van der Waals surface area contributed by atoms with Gasteiger partial charge in [-0.25, -0.2) is 9.59 Å². The molecule has 1 aromatic rings. The molecule has 0 aliphatic carbocycles. The average Bonchev–Trinajstić information content (AvgIpc) is 2.41. The standard InChI is InChI=1S/C16H18O6/c1-10(2)14(17)20-8-7-19-11-5-6-12-13(9-11)21-16(3,4)22-15(12)18/h5-6,9H,1,7-8H2,2-4H3. The summed E-state index contributed by atoms with van der Waals surface area (Å²) in [6.45, 7) is 8.66. The number of rotatable bonds is 5. The van der Waals surface area contributed by atoms with Gasteiger partial charge in [-0.3, -0.25) is 0 Å². The Morgan fingerprint density at radius 1 is 1.27 bits per heavy atom. The molecule has 6 heteroatoms. The lowest BCUT2D eigenvalue weighted by Gasteiger charge is -2.31. The lowest BCUT2D eigenvalue weighted by molar-refractivity contribution is -0.139. The monoisotopic (exact) mass is 306 g/mol. The van der Waals surface area contributed by atoms with E-state index in [1.807, 2.05) is 0 Å². The second-order valence-corrected chi connectivity index (χ2v) is 5.31. The summed E-state index contributed by atoms with van der Waals surface area (Å²) in [5.41, 5.74) is 0.684. The fourth-order valence-corrected chi connectivity index (χ4v) is 1.83. The first-order valence-electron chi connectivity index (χ1n) is 6.80. The third-order valence-electron chi connectivity index (χ3n) is 2.80. The number of hydrogen-bond acceptors (Lipinski definition) is 6. The van der Waals surface area contributed by atoms with Gasteiger partial charge in [-0.05, 0) is 19.1 Å². The van der Waals surface area contributed by atoms with Gasteiger partial charge in [0.05, 0.1) is 0 Å². The van der Waals surface area contributed by atoms with Crippen molar-refractivity contribution in [3.05, 3.63) is 35.9 Å². The Balaban J connectivity index is 1.96. The summed E-state index contributed by atoms with van der Waals surface area (Å²) in [5, 5.41) is 0. The van der Waals surface area contributed by atoms with Gasteiger partial charge in [0.15, 0.2) is 0 Å². The molecule has 0 fully saturated rings. The van der Waals surface area contributed by atoms with Gasteiger partial charge in [-0.2, -0.15) is 0 Å². The largest absolute Gasteiger partial charge is 0.490 e. The quantitative estimate of drug-likeness (QED) is 0.473. The van der Waals surface area contributed by atoms with Crippen LogP contribution >= 0.6 is 0 Å². The van der Waals surface area contributed by atoms with Gasteiger partial charge in [0, 0.05) is 25.5 Å². The Labute approximate surface area is 128 Å². The molecule has 0 saturated carbocycles. The highest BCUT2D eigenvalue weighted by Crippen LogP contribution is 2.33. The molecule has 6 nitrogen and oxygen atoms in total. The number of hydrogen-bond donors (Lipinski definition) is 0. The van der Waals surface area contributed by atoms with Crippen molar-refractivity contribution in [1.82, 2.24) is 0 Å². The second kappa shape index (κ2) is 6.09. The van der Waals surface area contributed by atoms with Crippen molar-refractivity contribution >= 4 is 11.9 Å². The molecule has 0 spiro atoms. The number of fused-ring (bicyclic) bond motifs is 1. The van der Waals surface area contributed by atoms with E-state index in [0.717, 1.165) is 0 Å². The molecule has 0 radical (unpaired) electrons. The molecule has 0 bridgehead atoms. The molecule has 1 aromatic carbocycles. The van der Waals surface area contributed by atoms with E-state index in [0.29, 0.717) is 22.6 Å². The minimum Gasteiger partial charge on any atom is -0.490 e. The molecular formula is C16H18O6. The molecule has 0 aromatic heterocycles. The van der Waals surface area contributed by atoms with E-state index in [2.05, 4.69) is 6.58 Å². The summed E-state index contributed by atoms with van der Waals surface area (Å²) in [7, 11) is 0. The van der Waals surface area contributed by atoms with Gasteiger partial charge in [-0.1, -0.05) is 6.58 Å². The van der Waals surface area contributed by atoms with Crippen molar-refractivity contribution < 1.29 is 28.5 Å². The van der Waals surface area contributed by atoms with Crippen molar-refractivity contribution in [2.45, 2.75) is 26.6 Å². The highest BCUT2D eigenvalue weighted by molar-refractivity contribution is 5.93. The van der Waals surface area contributed by atoms with Crippen LogP contribution in [-0.2, 0) is 14.3 Å². The topological polar surface area (TPSA) is 71.1 Å². The molecule has 22 heavy (non-hydrogen) atoms. The Bertz CT molecular complexity index is 617. The molecule has 1 aliphatic rings. The van der Waals surface area contributed by atoms with E-state index < -0.39 is 17.7 Å². The second-order valence-electron chi connectivity index (χ2n) is 5.31. The van der Waals surface area contributed by atoms with E-state index in [1.165, 1.54) is 0 Å². The van der Waals surface area contributed by atoms with Crippen LogP contribution in [0, 0.1) is 0 Å². The van der Waals surface area contributed by atoms with E-state index in [9.17, 15) is 9.59 Å². The highest BCUT2D eigenvalue weighted by atomic mass is 16.7. The number of cyclic esters (lactones) is 1. The van der Waals surface area contributed by atoms with E-state index in [4.69, 9.17) is 18.9 Å². The Morgan fingerprint density at radius 3 is 2.68 bits per heavy atom. The van der Waals surface area contributed by atoms with Crippen LogP contribution in [0.5, 0.6) is 11.5 Å². The lowest BCUT2D eigenvalue weighted by atomic mass is 10.1. The summed E-state index contributed by atoms with van der Waals surface area (Å²) in [6, 6.07) is 4.81.